The van der Waals surface area contributed by atoms with Crippen LogP contribution >= 0.6 is 0 Å². The maximum atomic E-state index is 13.1. The number of carbonyl (C=O) groups excluding carboxylic acids is 1. The number of morpholine rings is 1. The van der Waals surface area contributed by atoms with E-state index in [1.807, 2.05) is 6.92 Å². The molecule has 1 N–H and O–H groups in total. The predicted octanol–water partition coefficient (Wildman–Crippen LogP) is 2.91. The van der Waals surface area contributed by atoms with Crippen molar-refractivity contribution in [2.24, 2.45) is 0 Å². The van der Waals surface area contributed by atoms with Crippen molar-refractivity contribution in [1.29, 1.82) is 0 Å². The molecule has 0 saturated carbocycles. The number of aromatic nitrogens is 1. The maximum Gasteiger partial charge on any atom is 0.242 e. The molecule has 1 aliphatic heterocycles. The first kappa shape index (κ1) is 17.6. The second-order valence-corrected chi connectivity index (χ2v) is 6.14. The fourth-order valence-electron chi connectivity index (χ4n) is 3.08. The Morgan fingerprint density at radius 1 is 1.44 bits per heavy atom. The van der Waals surface area contributed by atoms with Gasteiger partial charge in [0.25, 0.3) is 0 Å². The highest BCUT2D eigenvalue weighted by Crippen LogP contribution is 2.24. The predicted molar refractivity (Wildman–Crippen MR) is 90.6 cm³/mol. The second kappa shape index (κ2) is 7.76. The van der Waals surface area contributed by atoms with Crippen molar-refractivity contribution < 1.29 is 18.4 Å². The molecule has 7 heteroatoms. The van der Waals surface area contributed by atoms with Crippen LogP contribution in [0.25, 0.3) is 0 Å². The van der Waals surface area contributed by atoms with Crippen molar-refractivity contribution in [2.45, 2.75) is 32.4 Å². The number of aryl methyl sites for hydroxylation is 1. The van der Waals surface area contributed by atoms with Crippen LogP contribution in [0.15, 0.2) is 34.9 Å². The number of nitrogens with one attached hydrogen (secondary N) is 1. The van der Waals surface area contributed by atoms with Gasteiger partial charge in [0.1, 0.15) is 11.6 Å². The van der Waals surface area contributed by atoms with Gasteiger partial charge in [-0.05, 0) is 31.0 Å². The Balaban J connectivity index is 1.67. The van der Waals surface area contributed by atoms with Crippen molar-refractivity contribution in [3.63, 3.8) is 0 Å². The summed E-state index contributed by atoms with van der Waals surface area (Å²) < 4.78 is 23.9. The number of halogens is 1. The van der Waals surface area contributed by atoms with Crippen molar-refractivity contribution in [1.82, 2.24) is 10.1 Å². The molecule has 0 radical (unpaired) electrons. The molecule has 2 atom stereocenters. The number of nitrogens with zero attached hydrogens (tertiary/aromatic N) is 2. The van der Waals surface area contributed by atoms with Gasteiger partial charge in [-0.25, -0.2) is 4.39 Å². The largest absolute Gasteiger partial charge is 0.371 e. The van der Waals surface area contributed by atoms with E-state index in [9.17, 15) is 9.18 Å². The van der Waals surface area contributed by atoms with Gasteiger partial charge < -0.3 is 14.6 Å². The van der Waals surface area contributed by atoms with Crippen LogP contribution in [0.4, 0.5) is 10.2 Å². The second-order valence-electron chi connectivity index (χ2n) is 6.14. The van der Waals surface area contributed by atoms with Crippen LogP contribution in [-0.4, -0.2) is 41.7 Å². The molecule has 1 aliphatic rings. The zero-order valence-electron chi connectivity index (χ0n) is 14.4. The summed E-state index contributed by atoms with van der Waals surface area (Å²) in [5.41, 5.74) is 0.911. The topological polar surface area (TPSA) is 67.6 Å². The Bertz CT molecular complexity index is 717. The summed E-state index contributed by atoms with van der Waals surface area (Å²) in [4.78, 5) is 14.7. The molecule has 3 rings (SSSR count). The van der Waals surface area contributed by atoms with E-state index < -0.39 is 0 Å². The SMILES string of the molecule is CC[C@@H](C(=O)Nc1cc(C)on1)N1CCO[C@@H](c2ccc(F)cc2)C1. The third-order valence-corrected chi connectivity index (χ3v) is 4.35. The lowest BCUT2D eigenvalue weighted by molar-refractivity contribution is -0.125. The Hall–Kier alpha value is -2.25. The summed E-state index contributed by atoms with van der Waals surface area (Å²) in [7, 11) is 0. The van der Waals surface area contributed by atoms with Gasteiger partial charge >= 0.3 is 0 Å². The summed E-state index contributed by atoms with van der Waals surface area (Å²) in [5, 5.41) is 6.60. The van der Waals surface area contributed by atoms with E-state index in [0.29, 0.717) is 37.7 Å². The van der Waals surface area contributed by atoms with Gasteiger partial charge in [0.05, 0.1) is 18.8 Å². The van der Waals surface area contributed by atoms with Gasteiger partial charge in [-0.3, -0.25) is 9.69 Å². The third-order valence-electron chi connectivity index (χ3n) is 4.35. The van der Waals surface area contributed by atoms with Gasteiger partial charge in [0.15, 0.2) is 5.82 Å². The highest BCUT2D eigenvalue weighted by Gasteiger charge is 2.30. The fourth-order valence-corrected chi connectivity index (χ4v) is 3.08. The van der Waals surface area contributed by atoms with Gasteiger partial charge in [-0.2, -0.15) is 0 Å². The van der Waals surface area contributed by atoms with E-state index in [-0.39, 0.29) is 23.9 Å². The lowest BCUT2D eigenvalue weighted by Gasteiger charge is -2.37. The minimum atomic E-state index is -0.288. The first-order chi connectivity index (χ1) is 12.1. The molecule has 0 bridgehead atoms. The zero-order chi connectivity index (χ0) is 17.8. The van der Waals surface area contributed by atoms with E-state index in [4.69, 9.17) is 9.26 Å². The number of ether oxygens (including phenoxy) is 1. The number of anilines is 1. The molecule has 6 nitrogen and oxygen atoms in total. The molecule has 134 valence electrons. The van der Waals surface area contributed by atoms with Crippen molar-refractivity contribution >= 4 is 11.7 Å². The Labute approximate surface area is 145 Å². The normalized spacial score (nSPS) is 19.6. The molecular weight excluding hydrogens is 325 g/mol. The van der Waals surface area contributed by atoms with Crippen LogP contribution in [-0.2, 0) is 9.53 Å². The van der Waals surface area contributed by atoms with E-state index in [0.717, 1.165) is 5.56 Å². The number of hydrogen-bond donors (Lipinski definition) is 1. The summed E-state index contributed by atoms with van der Waals surface area (Å²) >= 11 is 0. The summed E-state index contributed by atoms with van der Waals surface area (Å²) in [6, 6.07) is 7.70. The number of carbonyl (C=O) groups is 1. The molecular formula is C18H22FN3O3. The zero-order valence-corrected chi connectivity index (χ0v) is 14.4. The number of benzene rings is 1. The summed E-state index contributed by atoms with van der Waals surface area (Å²) in [5.74, 6) is 0.677. The molecule has 1 fully saturated rings. The molecule has 2 heterocycles. The van der Waals surface area contributed by atoms with Crippen molar-refractivity contribution in [2.75, 3.05) is 25.0 Å². The van der Waals surface area contributed by atoms with Gasteiger partial charge in [-0.1, -0.05) is 24.2 Å². The van der Waals surface area contributed by atoms with E-state index in [2.05, 4.69) is 15.4 Å². The number of hydrogen-bond acceptors (Lipinski definition) is 5. The van der Waals surface area contributed by atoms with E-state index in [1.165, 1.54) is 12.1 Å². The van der Waals surface area contributed by atoms with Crippen LogP contribution in [0.5, 0.6) is 0 Å². The smallest absolute Gasteiger partial charge is 0.242 e. The average Bonchev–Trinajstić information content (AvgIpc) is 3.01. The maximum absolute atomic E-state index is 13.1. The number of amides is 1. The lowest BCUT2D eigenvalue weighted by atomic mass is 10.1. The molecule has 0 spiro atoms. The molecule has 0 unspecified atom stereocenters. The minimum Gasteiger partial charge on any atom is -0.371 e. The van der Waals surface area contributed by atoms with Crippen LogP contribution in [0.1, 0.15) is 30.8 Å². The molecule has 1 amide bonds. The standard InChI is InChI=1S/C18H22FN3O3/c1-3-15(18(23)20-17-10-12(2)25-21-17)22-8-9-24-16(11-22)13-4-6-14(19)7-5-13/h4-7,10,15-16H,3,8-9,11H2,1-2H3,(H,20,21,23)/t15-,16+/m0/s1. The molecule has 1 saturated heterocycles. The Kier molecular flexibility index (Phi) is 5.45. The number of rotatable bonds is 5. The lowest BCUT2D eigenvalue weighted by Crippen LogP contribution is -2.49. The average molecular weight is 347 g/mol. The third kappa shape index (κ3) is 4.24. The quantitative estimate of drug-likeness (QED) is 0.901. The Morgan fingerprint density at radius 2 is 2.20 bits per heavy atom. The van der Waals surface area contributed by atoms with Crippen molar-refractivity contribution in [3.05, 3.63) is 47.5 Å². The van der Waals surface area contributed by atoms with Crippen molar-refractivity contribution in [3.8, 4) is 0 Å². The van der Waals surface area contributed by atoms with Gasteiger partial charge in [0.2, 0.25) is 5.91 Å². The minimum absolute atomic E-state index is 0.115. The molecule has 2 aromatic rings. The highest BCUT2D eigenvalue weighted by molar-refractivity contribution is 5.94. The molecule has 1 aromatic heterocycles. The highest BCUT2D eigenvalue weighted by atomic mass is 19.1. The van der Waals surface area contributed by atoms with Gasteiger partial charge in [-0.15, -0.1) is 0 Å². The summed E-state index contributed by atoms with van der Waals surface area (Å²) in [6.07, 6.45) is 0.490. The Morgan fingerprint density at radius 3 is 2.84 bits per heavy atom. The summed E-state index contributed by atoms with van der Waals surface area (Å²) in [6.45, 7) is 5.52. The van der Waals surface area contributed by atoms with Crippen LogP contribution < -0.4 is 5.32 Å². The fraction of sp³-hybridized carbons (Fsp3) is 0.444. The monoisotopic (exact) mass is 347 g/mol. The molecule has 1 aromatic carbocycles. The van der Waals surface area contributed by atoms with Crippen LogP contribution in [0, 0.1) is 12.7 Å². The van der Waals surface area contributed by atoms with Gasteiger partial charge in [0, 0.05) is 19.2 Å². The van der Waals surface area contributed by atoms with Crippen LogP contribution in [0.3, 0.4) is 0 Å². The van der Waals surface area contributed by atoms with E-state index in [1.54, 1.807) is 25.1 Å². The molecule has 25 heavy (non-hydrogen) atoms. The molecule has 0 aliphatic carbocycles. The first-order valence-electron chi connectivity index (χ1n) is 8.42. The van der Waals surface area contributed by atoms with Crippen LogP contribution in [0.2, 0.25) is 0 Å². The first-order valence-corrected chi connectivity index (χ1v) is 8.42. The van der Waals surface area contributed by atoms with E-state index >= 15 is 0 Å².